The van der Waals surface area contributed by atoms with Gasteiger partial charge in [-0.3, -0.25) is 9.69 Å². The fourth-order valence-corrected chi connectivity index (χ4v) is 2.31. The van der Waals surface area contributed by atoms with E-state index < -0.39 is 0 Å². The highest BCUT2D eigenvalue weighted by Gasteiger charge is 2.28. The van der Waals surface area contributed by atoms with Crippen molar-refractivity contribution in [3.8, 4) is 0 Å². The van der Waals surface area contributed by atoms with Crippen LogP contribution >= 0.6 is 12.4 Å². The Kier molecular flexibility index (Phi) is 8.56. The molecule has 0 amide bonds. The predicted molar refractivity (Wildman–Crippen MR) is 71.3 cm³/mol. The van der Waals surface area contributed by atoms with Gasteiger partial charge in [0.05, 0.1) is 6.61 Å². The second-order valence-electron chi connectivity index (χ2n) is 4.39. The Morgan fingerprint density at radius 2 is 2.00 bits per heavy atom. The molecule has 1 fully saturated rings. The van der Waals surface area contributed by atoms with Gasteiger partial charge in [0.15, 0.2) is 0 Å². The van der Waals surface area contributed by atoms with Gasteiger partial charge in [0.1, 0.15) is 6.04 Å². The lowest BCUT2D eigenvalue weighted by atomic mass is 9.95. The van der Waals surface area contributed by atoms with E-state index in [0.717, 1.165) is 38.9 Å². The number of hydrogen-bond acceptors (Lipinski definition) is 4. The van der Waals surface area contributed by atoms with Crippen LogP contribution < -0.4 is 5.73 Å². The molecule has 0 radical (unpaired) electrons. The van der Waals surface area contributed by atoms with Crippen molar-refractivity contribution in [2.24, 2.45) is 11.7 Å². The molecule has 102 valence electrons. The minimum Gasteiger partial charge on any atom is -0.465 e. The van der Waals surface area contributed by atoms with Crippen LogP contribution in [-0.2, 0) is 9.53 Å². The highest BCUT2D eigenvalue weighted by Crippen LogP contribution is 2.19. The molecule has 17 heavy (non-hydrogen) atoms. The number of hydrogen-bond donors (Lipinski definition) is 1. The van der Waals surface area contributed by atoms with Crippen LogP contribution in [0.4, 0.5) is 0 Å². The summed E-state index contributed by atoms with van der Waals surface area (Å²) < 4.78 is 5.10. The number of ether oxygens (including phenoxy) is 1. The Labute approximate surface area is 110 Å². The molecule has 1 atom stereocenters. The topological polar surface area (TPSA) is 55.6 Å². The molecule has 4 nitrogen and oxygen atoms in total. The number of esters is 1. The summed E-state index contributed by atoms with van der Waals surface area (Å²) in [6.07, 6.45) is 3.03. The van der Waals surface area contributed by atoms with Crippen molar-refractivity contribution in [2.75, 3.05) is 26.2 Å². The highest BCUT2D eigenvalue weighted by atomic mass is 35.5. The molecule has 0 aliphatic carbocycles. The first-order valence-corrected chi connectivity index (χ1v) is 6.33. The lowest BCUT2D eigenvalue weighted by Gasteiger charge is -2.35. The zero-order valence-electron chi connectivity index (χ0n) is 10.9. The number of nitrogens with two attached hydrogens (primary N) is 1. The highest BCUT2D eigenvalue weighted by molar-refractivity contribution is 5.85. The molecule has 0 aromatic heterocycles. The Balaban J connectivity index is 0.00000256. The molecule has 1 aliphatic rings. The average Bonchev–Trinajstić information content (AvgIpc) is 2.31. The lowest BCUT2D eigenvalue weighted by molar-refractivity contribution is -0.150. The van der Waals surface area contributed by atoms with Gasteiger partial charge in [-0.1, -0.05) is 6.92 Å². The van der Waals surface area contributed by atoms with E-state index in [4.69, 9.17) is 10.5 Å². The van der Waals surface area contributed by atoms with Crippen LogP contribution in [0.1, 0.15) is 33.1 Å². The molecule has 0 aromatic rings. The van der Waals surface area contributed by atoms with E-state index in [2.05, 4.69) is 4.90 Å². The molecule has 1 rings (SSSR count). The summed E-state index contributed by atoms with van der Waals surface area (Å²) in [5.41, 5.74) is 5.65. The third-order valence-corrected chi connectivity index (χ3v) is 3.37. The largest absolute Gasteiger partial charge is 0.465 e. The SMILES string of the molecule is CCOC(=O)C(CC)N1CCC(CN)CC1.Cl. The molecule has 1 unspecified atom stereocenters. The van der Waals surface area contributed by atoms with E-state index in [1.807, 2.05) is 13.8 Å². The van der Waals surface area contributed by atoms with Gasteiger partial charge < -0.3 is 10.5 Å². The monoisotopic (exact) mass is 264 g/mol. The summed E-state index contributed by atoms with van der Waals surface area (Å²) >= 11 is 0. The van der Waals surface area contributed by atoms with E-state index in [1.165, 1.54) is 0 Å². The zero-order valence-corrected chi connectivity index (χ0v) is 11.7. The number of nitrogens with zero attached hydrogens (tertiary/aromatic N) is 1. The average molecular weight is 265 g/mol. The molecule has 1 saturated heterocycles. The minimum absolute atomic E-state index is 0. The van der Waals surface area contributed by atoms with Gasteiger partial charge in [-0.25, -0.2) is 0 Å². The number of carbonyl (C=O) groups excluding carboxylic acids is 1. The van der Waals surface area contributed by atoms with Crippen LogP contribution in [0.2, 0.25) is 0 Å². The number of piperidine rings is 1. The summed E-state index contributed by atoms with van der Waals surface area (Å²) in [7, 11) is 0. The van der Waals surface area contributed by atoms with Crippen molar-refractivity contribution in [1.82, 2.24) is 4.90 Å². The molecular formula is C12H25ClN2O2. The minimum atomic E-state index is -0.0730. The third kappa shape index (κ3) is 4.82. The summed E-state index contributed by atoms with van der Waals surface area (Å²) in [5.74, 6) is 0.562. The standard InChI is InChI=1S/C12H24N2O2.ClH/c1-3-11(12(15)16-4-2)14-7-5-10(9-13)6-8-14;/h10-11H,3-9,13H2,1-2H3;1H. The smallest absolute Gasteiger partial charge is 0.323 e. The van der Waals surface area contributed by atoms with Crippen LogP contribution in [0.15, 0.2) is 0 Å². The molecule has 1 aliphatic heterocycles. The first kappa shape index (κ1) is 16.7. The van der Waals surface area contributed by atoms with E-state index >= 15 is 0 Å². The maximum Gasteiger partial charge on any atom is 0.323 e. The quantitative estimate of drug-likeness (QED) is 0.763. The summed E-state index contributed by atoms with van der Waals surface area (Å²) in [6, 6.07) is -0.0568. The first-order valence-electron chi connectivity index (χ1n) is 6.33. The van der Waals surface area contributed by atoms with Gasteiger partial charge in [-0.05, 0) is 51.7 Å². The fourth-order valence-electron chi connectivity index (χ4n) is 2.31. The summed E-state index contributed by atoms with van der Waals surface area (Å²) in [4.78, 5) is 14.0. The second-order valence-corrected chi connectivity index (χ2v) is 4.39. The molecular weight excluding hydrogens is 240 g/mol. The molecule has 0 spiro atoms. The number of rotatable bonds is 5. The van der Waals surface area contributed by atoms with Crippen LogP contribution in [0.5, 0.6) is 0 Å². The molecule has 2 N–H and O–H groups in total. The maximum atomic E-state index is 11.7. The fraction of sp³-hybridized carbons (Fsp3) is 0.917. The predicted octanol–water partition coefficient (Wildman–Crippen LogP) is 1.42. The second kappa shape index (κ2) is 8.72. The lowest BCUT2D eigenvalue weighted by Crippen LogP contribution is -2.46. The Morgan fingerprint density at radius 3 is 2.41 bits per heavy atom. The van der Waals surface area contributed by atoms with E-state index in [0.29, 0.717) is 12.5 Å². The van der Waals surface area contributed by atoms with Gasteiger partial charge in [0, 0.05) is 0 Å². The normalized spacial score (nSPS) is 19.5. The number of halogens is 1. The number of carbonyl (C=O) groups is 1. The number of likely N-dealkylation sites (tertiary alicyclic amines) is 1. The van der Waals surface area contributed by atoms with Crippen molar-refractivity contribution in [3.63, 3.8) is 0 Å². The van der Waals surface area contributed by atoms with E-state index in [-0.39, 0.29) is 24.4 Å². The maximum absolute atomic E-state index is 11.7. The van der Waals surface area contributed by atoms with Gasteiger partial charge >= 0.3 is 5.97 Å². The summed E-state index contributed by atoms with van der Waals surface area (Å²) in [5, 5.41) is 0. The van der Waals surface area contributed by atoms with Crippen molar-refractivity contribution in [1.29, 1.82) is 0 Å². The van der Waals surface area contributed by atoms with Crippen molar-refractivity contribution < 1.29 is 9.53 Å². The van der Waals surface area contributed by atoms with Crippen molar-refractivity contribution >= 4 is 18.4 Å². The van der Waals surface area contributed by atoms with Crippen LogP contribution in [0, 0.1) is 5.92 Å². The van der Waals surface area contributed by atoms with E-state index in [1.54, 1.807) is 0 Å². The molecule has 0 saturated carbocycles. The van der Waals surface area contributed by atoms with Gasteiger partial charge in [0.2, 0.25) is 0 Å². The zero-order chi connectivity index (χ0) is 12.0. The Bertz CT molecular complexity index is 219. The molecule has 5 heteroatoms. The molecule has 0 aromatic carbocycles. The molecule has 0 bridgehead atoms. The molecule has 1 heterocycles. The van der Waals surface area contributed by atoms with Crippen LogP contribution in [0.3, 0.4) is 0 Å². The first-order chi connectivity index (χ1) is 7.72. The van der Waals surface area contributed by atoms with Crippen molar-refractivity contribution in [3.05, 3.63) is 0 Å². The van der Waals surface area contributed by atoms with Gasteiger partial charge in [-0.2, -0.15) is 0 Å². The summed E-state index contributed by atoms with van der Waals surface area (Å²) in [6.45, 7) is 7.07. The Hall–Kier alpha value is -0.320. The van der Waals surface area contributed by atoms with Crippen LogP contribution in [0.25, 0.3) is 0 Å². The van der Waals surface area contributed by atoms with Crippen molar-refractivity contribution in [2.45, 2.75) is 39.2 Å². The third-order valence-electron chi connectivity index (χ3n) is 3.37. The van der Waals surface area contributed by atoms with E-state index in [9.17, 15) is 4.79 Å². The van der Waals surface area contributed by atoms with Gasteiger partial charge in [-0.15, -0.1) is 12.4 Å². The van der Waals surface area contributed by atoms with Gasteiger partial charge in [0.25, 0.3) is 0 Å². The van der Waals surface area contributed by atoms with Crippen LogP contribution in [-0.4, -0.2) is 43.2 Å². The Morgan fingerprint density at radius 1 is 1.41 bits per heavy atom.